The molecule has 0 saturated carbocycles. The Morgan fingerprint density at radius 2 is 1.00 bits per heavy atom. The molecule has 17 N–H and O–H groups in total. The van der Waals surface area contributed by atoms with Crippen LogP contribution in [-0.2, 0) is 0 Å². The number of halogens is 2. The minimum Gasteiger partial charge on any atom is -0.382 e. The zero-order valence-electron chi connectivity index (χ0n) is 25.7. The normalized spacial score (nSPS) is 11.6. The second-order valence-electron chi connectivity index (χ2n) is 9.53. The van der Waals surface area contributed by atoms with E-state index in [0.29, 0.717) is 69.7 Å². The Balaban J connectivity index is 1.36. The maximum absolute atomic E-state index is 12.3. The van der Waals surface area contributed by atoms with E-state index in [9.17, 15) is 9.59 Å². The number of nitrogens with two attached hydrogens (primary N) is 6. The zero-order chi connectivity index (χ0) is 35.2. The Kier molecular flexibility index (Phi) is 13.6. The quantitative estimate of drug-likeness (QED) is 0.0512. The summed E-state index contributed by atoms with van der Waals surface area (Å²) in [6.07, 6.45) is 2.67. The topological polar surface area (TPSA) is 365 Å². The van der Waals surface area contributed by atoms with Crippen LogP contribution < -0.4 is 61.0 Å². The van der Waals surface area contributed by atoms with Crippen molar-refractivity contribution in [3.05, 3.63) is 21.7 Å². The van der Waals surface area contributed by atoms with Crippen molar-refractivity contribution in [2.45, 2.75) is 25.7 Å². The van der Waals surface area contributed by atoms with Gasteiger partial charge in [0.15, 0.2) is 56.9 Å². The van der Waals surface area contributed by atoms with Crippen molar-refractivity contribution in [2.24, 2.45) is 21.5 Å². The lowest BCUT2D eigenvalue weighted by atomic mass is 10.3. The molecule has 0 unspecified atom stereocenters. The average Bonchev–Trinajstić information content (AvgIpc) is 3.03. The Morgan fingerprint density at radius 3 is 1.40 bits per heavy atom. The summed E-state index contributed by atoms with van der Waals surface area (Å²) in [7, 11) is 1.69. The van der Waals surface area contributed by atoms with Crippen LogP contribution in [0.25, 0.3) is 0 Å². The molecule has 24 heteroatoms. The highest BCUT2D eigenvalue weighted by Gasteiger charge is 2.18. The van der Waals surface area contributed by atoms with Crippen molar-refractivity contribution in [1.29, 1.82) is 0 Å². The van der Waals surface area contributed by atoms with E-state index >= 15 is 0 Å². The van der Waals surface area contributed by atoms with Crippen LogP contribution in [0.2, 0.25) is 10.3 Å². The maximum Gasteiger partial charge on any atom is 0.280 e. The second-order valence-corrected chi connectivity index (χ2v) is 10.2. The molecule has 258 valence electrons. The second kappa shape index (κ2) is 17.8. The lowest BCUT2D eigenvalue weighted by Gasteiger charge is -2.10. The monoisotopic (exact) mass is 706 g/mol. The number of hydrogen-bond acceptors (Lipinski definition) is 18. The first-order valence-electron chi connectivity index (χ1n) is 14.2. The standard InChI is InChI=1S/C24H36Cl2N20O2/c1-33-22-44-23(36-8-4-2-6-34-20(31)42-18(47)10-14(27)40-16(29)12(25)38-10)46-24(45-22)37-9-5-3-7-35-21(32)43-19(48)11-15(28)41-17(30)13(26)39-11/h2-9H2,1H3,(H4,27,29,40)(H4,28,30,41)(H3,31,34,42,47)(H3,32,35,43,48)(H3,33,36,37,44,45,46). The van der Waals surface area contributed by atoms with Gasteiger partial charge >= 0.3 is 0 Å². The Hall–Kier alpha value is -5.77. The number of unbranched alkanes of at least 4 members (excludes halogenated alkanes) is 2. The van der Waals surface area contributed by atoms with Gasteiger partial charge in [-0.25, -0.2) is 19.9 Å². The molecule has 0 aliphatic rings. The van der Waals surface area contributed by atoms with Crippen molar-refractivity contribution in [2.75, 3.05) is 72.1 Å². The van der Waals surface area contributed by atoms with E-state index in [4.69, 9.17) is 57.6 Å². The third kappa shape index (κ3) is 11.2. The highest BCUT2D eigenvalue weighted by atomic mass is 35.5. The summed E-state index contributed by atoms with van der Waals surface area (Å²) >= 11 is 11.6. The number of guanidine groups is 2. The lowest BCUT2D eigenvalue weighted by molar-refractivity contribution is 0.0964. The largest absolute Gasteiger partial charge is 0.382 e. The first kappa shape index (κ1) is 36.7. The van der Waals surface area contributed by atoms with Gasteiger partial charge in [-0.2, -0.15) is 15.0 Å². The molecule has 0 atom stereocenters. The predicted octanol–water partition coefficient (Wildman–Crippen LogP) is -0.997. The van der Waals surface area contributed by atoms with Gasteiger partial charge in [0, 0.05) is 33.2 Å². The van der Waals surface area contributed by atoms with Crippen LogP contribution >= 0.6 is 23.2 Å². The summed E-state index contributed by atoms with van der Waals surface area (Å²) in [6, 6.07) is 0. The minimum absolute atomic E-state index is 0.0925. The third-order valence-corrected chi connectivity index (χ3v) is 6.44. The van der Waals surface area contributed by atoms with Gasteiger partial charge in [0.25, 0.3) is 11.8 Å². The summed E-state index contributed by atoms with van der Waals surface area (Å²) in [6.45, 7) is 1.74. The third-order valence-electron chi connectivity index (χ3n) is 5.88. The molecule has 0 fully saturated rings. The van der Waals surface area contributed by atoms with Gasteiger partial charge in [0.05, 0.1) is 0 Å². The highest BCUT2D eigenvalue weighted by molar-refractivity contribution is 6.32. The molecule has 3 aromatic heterocycles. The van der Waals surface area contributed by atoms with Crippen LogP contribution in [0.4, 0.5) is 41.1 Å². The highest BCUT2D eigenvalue weighted by Crippen LogP contribution is 2.18. The number of nitrogens with zero attached hydrogens (tertiary/aromatic N) is 9. The molecule has 3 heterocycles. The maximum atomic E-state index is 12.3. The molecule has 48 heavy (non-hydrogen) atoms. The molecular formula is C24H36Cl2N20O2. The number of rotatable bonds is 15. The first-order valence-corrected chi connectivity index (χ1v) is 14.9. The van der Waals surface area contributed by atoms with Crippen LogP contribution in [0.1, 0.15) is 46.7 Å². The van der Waals surface area contributed by atoms with E-state index < -0.39 is 11.8 Å². The van der Waals surface area contributed by atoms with E-state index in [-0.39, 0.29) is 56.9 Å². The van der Waals surface area contributed by atoms with Gasteiger partial charge in [-0.15, -0.1) is 0 Å². The molecule has 0 aromatic carbocycles. The van der Waals surface area contributed by atoms with Crippen LogP contribution in [0, 0.1) is 0 Å². The van der Waals surface area contributed by atoms with Gasteiger partial charge in [-0.05, 0) is 25.7 Å². The molecule has 0 bridgehead atoms. The number of nitrogen functional groups attached to an aromatic ring is 4. The number of hydrogen-bond donors (Lipinski definition) is 11. The number of nitrogens with one attached hydrogen (secondary N) is 5. The SMILES string of the molecule is CNc1nc(NCCCCN=C(N)NC(=O)c2nc(Cl)c(N)nc2N)nc(NCCCCN=C(N)NC(=O)c2nc(Cl)c(N)nc2N)n1. The molecule has 0 radical (unpaired) electrons. The van der Waals surface area contributed by atoms with Crippen molar-refractivity contribution < 1.29 is 9.59 Å². The average molecular weight is 708 g/mol. The number of aliphatic imine (C=N–C) groups is 2. The number of aromatic nitrogens is 7. The summed E-state index contributed by atoms with van der Waals surface area (Å²) < 4.78 is 0. The molecule has 3 aromatic rings. The molecule has 22 nitrogen and oxygen atoms in total. The predicted molar refractivity (Wildman–Crippen MR) is 184 cm³/mol. The number of anilines is 7. The van der Waals surface area contributed by atoms with E-state index in [1.807, 2.05) is 0 Å². The van der Waals surface area contributed by atoms with Gasteiger partial charge in [-0.3, -0.25) is 30.2 Å². The van der Waals surface area contributed by atoms with Gasteiger partial charge in [0.2, 0.25) is 17.8 Å². The van der Waals surface area contributed by atoms with Gasteiger partial charge in [0.1, 0.15) is 0 Å². The molecule has 0 spiro atoms. The van der Waals surface area contributed by atoms with Crippen LogP contribution in [-0.4, -0.2) is 91.8 Å². The smallest absolute Gasteiger partial charge is 0.280 e. The van der Waals surface area contributed by atoms with Gasteiger partial charge < -0.3 is 50.4 Å². The lowest BCUT2D eigenvalue weighted by Crippen LogP contribution is -2.38. The summed E-state index contributed by atoms with van der Waals surface area (Å²) in [5.41, 5.74) is 33.5. The Morgan fingerprint density at radius 1 is 0.604 bits per heavy atom. The summed E-state index contributed by atoms with van der Waals surface area (Å²) in [5, 5.41) is 13.6. The van der Waals surface area contributed by atoms with Crippen molar-refractivity contribution >= 4 is 88.1 Å². The molecular weight excluding hydrogens is 671 g/mol. The fourth-order valence-corrected chi connectivity index (χ4v) is 3.82. The number of carbonyl (C=O) groups is 2. The van der Waals surface area contributed by atoms with Crippen LogP contribution in [0.3, 0.4) is 0 Å². The van der Waals surface area contributed by atoms with Crippen LogP contribution in [0.15, 0.2) is 9.98 Å². The number of amides is 2. The fourth-order valence-electron chi connectivity index (χ4n) is 3.57. The summed E-state index contributed by atoms with van der Waals surface area (Å²) in [5.74, 6) is -1.11. The molecule has 0 aliphatic carbocycles. The van der Waals surface area contributed by atoms with Gasteiger partial charge in [-0.1, -0.05) is 23.2 Å². The zero-order valence-corrected chi connectivity index (χ0v) is 27.2. The Bertz CT molecular complexity index is 1550. The fraction of sp³-hybridized carbons (Fsp3) is 0.375. The Labute approximate surface area is 283 Å². The van der Waals surface area contributed by atoms with E-state index in [2.05, 4.69) is 71.5 Å². The van der Waals surface area contributed by atoms with E-state index in [1.54, 1.807) is 7.05 Å². The minimum atomic E-state index is -0.715. The summed E-state index contributed by atoms with van der Waals surface area (Å²) in [4.78, 5) is 61.0. The van der Waals surface area contributed by atoms with E-state index in [0.717, 1.165) is 0 Å². The van der Waals surface area contributed by atoms with Crippen LogP contribution in [0.5, 0.6) is 0 Å². The van der Waals surface area contributed by atoms with E-state index in [1.165, 1.54) is 0 Å². The first-order chi connectivity index (χ1) is 22.9. The number of carbonyl (C=O) groups excluding carboxylic acids is 2. The molecule has 2 amide bonds. The molecule has 0 saturated heterocycles. The van der Waals surface area contributed by atoms with Crippen molar-refractivity contribution in [3.8, 4) is 0 Å². The van der Waals surface area contributed by atoms with Crippen molar-refractivity contribution in [1.82, 2.24) is 45.5 Å². The molecule has 0 aliphatic heterocycles. The van der Waals surface area contributed by atoms with Crippen molar-refractivity contribution in [3.63, 3.8) is 0 Å². The molecule has 3 rings (SSSR count).